The molecular weight excluding hydrogens is 338 g/mol. The van der Waals surface area contributed by atoms with Gasteiger partial charge in [0.25, 0.3) is 5.69 Å². The van der Waals surface area contributed by atoms with Crippen LogP contribution < -0.4 is 4.74 Å². The van der Waals surface area contributed by atoms with Gasteiger partial charge in [0.2, 0.25) is 9.05 Å². The van der Waals surface area contributed by atoms with Crippen molar-refractivity contribution in [2.75, 3.05) is 12.4 Å². The van der Waals surface area contributed by atoms with E-state index in [1.54, 1.807) is 0 Å². The highest BCUT2D eigenvalue weighted by molar-refractivity contribution is 9.10. The highest BCUT2D eigenvalue weighted by Gasteiger charge is 2.16. The van der Waals surface area contributed by atoms with E-state index in [4.69, 9.17) is 15.4 Å². The number of hydrogen-bond donors (Lipinski definition) is 0. The molecule has 0 amide bonds. The number of nitrogens with zero attached hydrogens (tertiary/aromatic N) is 1. The van der Waals surface area contributed by atoms with Gasteiger partial charge in [-0.3, -0.25) is 10.1 Å². The van der Waals surface area contributed by atoms with Crippen molar-refractivity contribution < 1.29 is 18.1 Å². The molecule has 17 heavy (non-hydrogen) atoms. The summed E-state index contributed by atoms with van der Waals surface area (Å²) in [6.07, 6.45) is 0. The first-order chi connectivity index (χ1) is 7.81. The molecule has 0 radical (unpaired) electrons. The molecule has 0 aliphatic heterocycles. The van der Waals surface area contributed by atoms with Crippen LogP contribution in [-0.2, 0) is 9.05 Å². The summed E-state index contributed by atoms with van der Waals surface area (Å²) >= 11 is 3.01. The smallest absolute Gasteiger partial charge is 0.287 e. The quantitative estimate of drug-likeness (QED) is 0.465. The summed E-state index contributed by atoms with van der Waals surface area (Å²) in [4.78, 5) is 10.0. The minimum atomic E-state index is -3.64. The number of ether oxygens (including phenoxy) is 1. The maximum Gasteiger partial charge on any atom is 0.287 e. The lowest BCUT2D eigenvalue weighted by Crippen LogP contribution is -2.09. The van der Waals surface area contributed by atoms with Gasteiger partial charge in [0.1, 0.15) is 16.8 Å². The second-order valence-corrected chi connectivity index (χ2v) is 6.63. The second-order valence-electron chi connectivity index (χ2n) is 2.94. The zero-order chi connectivity index (χ0) is 13.1. The van der Waals surface area contributed by atoms with Crippen LogP contribution in [0.4, 0.5) is 5.69 Å². The van der Waals surface area contributed by atoms with Crippen molar-refractivity contribution in [3.63, 3.8) is 0 Å². The highest BCUT2D eigenvalue weighted by Crippen LogP contribution is 2.33. The van der Waals surface area contributed by atoms with Gasteiger partial charge in [-0.05, 0) is 22.0 Å². The Morgan fingerprint density at radius 1 is 1.47 bits per heavy atom. The van der Waals surface area contributed by atoms with Gasteiger partial charge in [-0.15, -0.1) is 0 Å². The van der Waals surface area contributed by atoms with Crippen LogP contribution in [0.5, 0.6) is 5.75 Å². The monoisotopic (exact) mass is 343 g/mol. The summed E-state index contributed by atoms with van der Waals surface area (Å²) in [5, 5.41) is 10.6. The van der Waals surface area contributed by atoms with Crippen molar-refractivity contribution in [2.45, 2.75) is 0 Å². The van der Waals surface area contributed by atoms with E-state index in [1.807, 2.05) is 0 Å². The predicted octanol–water partition coefficient (Wildman–Crippen LogP) is 2.30. The molecule has 0 aliphatic rings. The molecule has 6 nitrogen and oxygen atoms in total. The van der Waals surface area contributed by atoms with Crippen molar-refractivity contribution in [1.29, 1.82) is 0 Å². The molecule has 1 aromatic carbocycles. The summed E-state index contributed by atoms with van der Waals surface area (Å²) < 4.78 is 26.5. The van der Waals surface area contributed by atoms with Crippen molar-refractivity contribution in [3.05, 3.63) is 32.8 Å². The largest absolute Gasteiger partial charge is 0.491 e. The zero-order valence-corrected chi connectivity index (χ0v) is 11.5. The lowest BCUT2D eigenvalue weighted by molar-refractivity contribution is -0.385. The topological polar surface area (TPSA) is 86.5 Å². The van der Waals surface area contributed by atoms with Crippen LogP contribution in [0.1, 0.15) is 0 Å². The maximum absolute atomic E-state index is 10.6. The highest BCUT2D eigenvalue weighted by atomic mass is 79.9. The van der Waals surface area contributed by atoms with Gasteiger partial charge in [0.05, 0.1) is 10.7 Å². The van der Waals surface area contributed by atoms with Gasteiger partial charge in [0.15, 0.2) is 0 Å². The lowest BCUT2D eigenvalue weighted by atomic mass is 10.3. The van der Waals surface area contributed by atoms with E-state index in [0.29, 0.717) is 0 Å². The lowest BCUT2D eigenvalue weighted by Gasteiger charge is -2.06. The zero-order valence-electron chi connectivity index (χ0n) is 8.30. The molecule has 0 spiro atoms. The molecule has 9 heteroatoms. The van der Waals surface area contributed by atoms with Gasteiger partial charge in [-0.1, -0.05) is 6.07 Å². The summed E-state index contributed by atoms with van der Waals surface area (Å²) in [5.41, 5.74) is -0.156. The first-order valence-corrected chi connectivity index (χ1v) is 7.56. The Hall–Kier alpha value is -0.860. The van der Waals surface area contributed by atoms with E-state index in [9.17, 15) is 18.5 Å². The van der Waals surface area contributed by atoms with E-state index in [2.05, 4.69) is 15.9 Å². The summed E-state index contributed by atoms with van der Waals surface area (Å²) in [6, 6.07) is 4.22. The van der Waals surface area contributed by atoms with Crippen LogP contribution in [0.3, 0.4) is 0 Å². The van der Waals surface area contributed by atoms with E-state index in [-0.39, 0.29) is 28.3 Å². The molecule has 0 atom stereocenters. The number of benzene rings is 1. The Bertz CT molecular complexity index is 533. The summed E-state index contributed by atoms with van der Waals surface area (Å²) in [6.45, 7) is -0.175. The molecule has 0 unspecified atom stereocenters. The summed E-state index contributed by atoms with van der Waals surface area (Å²) in [7, 11) is 1.36. The third-order valence-corrected chi connectivity index (χ3v) is 3.64. The number of nitro benzene ring substituents is 1. The first kappa shape index (κ1) is 14.2. The normalized spacial score (nSPS) is 11.2. The molecule has 0 fully saturated rings. The number of rotatable bonds is 5. The van der Waals surface area contributed by atoms with Gasteiger partial charge in [0, 0.05) is 16.7 Å². The van der Waals surface area contributed by atoms with E-state index >= 15 is 0 Å². The fraction of sp³-hybridized carbons (Fsp3) is 0.250. The number of halogens is 2. The summed E-state index contributed by atoms with van der Waals surface area (Å²) in [5.74, 6) is -0.177. The van der Waals surface area contributed by atoms with Crippen LogP contribution >= 0.6 is 26.6 Å². The molecule has 0 aromatic heterocycles. The van der Waals surface area contributed by atoms with Crippen LogP contribution in [0.2, 0.25) is 0 Å². The van der Waals surface area contributed by atoms with E-state index in [1.165, 1.54) is 18.2 Å². The van der Waals surface area contributed by atoms with Crippen molar-refractivity contribution in [1.82, 2.24) is 0 Å². The number of nitro groups is 1. The maximum atomic E-state index is 10.6. The molecule has 0 heterocycles. The molecule has 0 saturated heterocycles. The average molecular weight is 345 g/mol. The average Bonchev–Trinajstić information content (AvgIpc) is 2.18. The number of hydrogen-bond acceptors (Lipinski definition) is 5. The second kappa shape index (κ2) is 5.65. The molecule has 0 saturated carbocycles. The Kier molecular flexibility index (Phi) is 4.72. The molecular formula is C8H7BrClNO5S. The van der Waals surface area contributed by atoms with E-state index < -0.39 is 14.0 Å². The van der Waals surface area contributed by atoms with Crippen LogP contribution in [0, 0.1) is 10.1 Å². The minimum absolute atomic E-state index is 0.156. The molecule has 0 aliphatic carbocycles. The predicted molar refractivity (Wildman–Crippen MR) is 65.9 cm³/mol. The van der Waals surface area contributed by atoms with Crippen LogP contribution in [0.25, 0.3) is 0 Å². The van der Waals surface area contributed by atoms with Crippen LogP contribution in [-0.4, -0.2) is 25.7 Å². The minimum Gasteiger partial charge on any atom is -0.491 e. The SMILES string of the molecule is O=[N+]([O-])c1cccc(OCCS(=O)(=O)Cl)c1Br. The Balaban J connectivity index is 2.79. The van der Waals surface area contributed by atoms with Crippen molar-refractivity contribution >= 4 is 41.4 Å². The molecule has 1 rings (SSSR count). The fourth-order valence-corrected chi connectivity index (χ4v) is 2.00. The molecule has 0 bridgehead atoms. The van der Waals surface area contributed by atoms with Gasteiger partial charge < -0.3 is 4.74 Å². The fourth-order valence-electron chi connectivity index (χ4n) is 1.00. The molecule has 94 valence electrons. The van der Waals surface area contributed by atoms with Crippen molar-refractivity contribution in [3.8, 4) is 5.75 Å². The van der Waals surface area contributed by atoms with Crippen LogP contribution in [0.15, 0.2) is 22.7 Å². The molecule has 1 aromatic rings. The van der Waals surface area contributed by atoms with E-state index in [0.717, 1.165) is 0 Å². The van der Waals surface area contributed by atoms with Gasteiger partial charge in [-0.2, -0.15) is 0 Å². The Morgan fingerprint density at radius 2 is 2.12 bits per heavy atom. The third-order valence-electron chi connectivity index (χ3n) is 1.72. The van der Waals surface area contributed by atoms with Crippen molar-refractivity contribution in [2.24, 2.45) is 0 Å². The standard InChI is InChI=1S/C8H7BrClNO5S/c9-8-6(11(12)13)2-1-3-7(8)16-4-5-17(10,14)15/h1-3H,4-5H2. The van der Waals surface area contributed by atoms with Gasteiger partial charge in [-0.25, -0.2) is 8.42 Å². The third kappa shape index (κ3) is 4.49. The molecule has 0 N–H and O–H groups in total. The Labute approximate surface area is 110 Å². The first-order valence-electron chi connectivity index (χ1n) is 4.29. The van der Waals surface area contributed by atoms with Gasteiger partial charge >= 0.3 is 0 Å². The Morgan fingerprint density at radius 3 is 2.65 bits per heavy atom.